The van der Waals surface area contributed by atoms with Gasteiger partial charge in [0, 0.05) is 39.8 Å². The lowest BCUT2D eigenvalue weighted by Crippen LogP contribution is -2.39. The van der Waals surface area contributed by atoms with Crippen LogP contribution in [0.4, 0.5) is 11.4 Å². The highest BCUT2D eigenvalue weighted by Gasteiger charge is 2.38. The van der Waals surface area contributed by atoms with Crippen LogP contribution in [0.2, 0.25) is 0 Å². The summed E-state index contributed by atoms with van der Waals surface area (Å²) >= 11 is 0. The Hall–Kier alpha value is -5.06. The van der Waals surface area contributed by atoms with Crippen molar-refractivity contribution in [1.29, 1.82) is 0 Å². The maximum absolute atomic E-state index is 6.12. The first-order valence-electron chi connectivity index (χ1n) is 15.7. The summed E-state index contributed by atoms with van der Waals surface area (Å²) in [5, 5.41) is 9.98. The van der Waals surface area contributed by atoms with Crippen LogP contribution in [0.15, 0.2) is 144 Å². The number of hydrogen-bond acceptors (Lipinski definition) is 4. The average Bonchev–Trinajstić information content (AvgIpc) is 3.64. The SMILES string of the molecule is C1=CC2c3ccccc3N(c3ccc(C4=CC(c5ccccc5)NC(c5ccc6oc7ccccc7c6c5)N4)cc3)C2CC1. The Labute approximate surface area is 257 Å². The minimum atomic E-state index is -0.0711. The van der Waals surface area contributed by atoms with Crippen LogP contribution in [0.1, 0.15) is 53.2 Å². The molecule has 0 saturated heterocycles. The lowest BCUT2D eigenvalue weighted by Gasteiger charge is -2.34. The van der Waals surface area contributed by atoms with E-state index in [9.17, 15) is 0 Å². The number of hydrogen-bond donors (Lipinski definition) is 2. The van der Waals surface area contributed by atoms with E-state index in [4.69, 9.17) is 4.42 Å². The second kappa shape index (κ2) is 10.3. The van der Waals surface area contributed by atoms with E-state index in [0.717, 1.165) is 34.1 Å². The van der Waals surface area contributed by atoms with Gasteiger partial charge in [-0.1, -0.05) is 97.1 Å². The van der Waals surface area contributed by atoms with Gasteiger partial charge < -0.3 is 14.6 Å². The Bertz CT molecular complexity index is 2060. The van der Waals surface area contributed by atoms with Crippen molar-refractivity contribution >= 4 is 39.0 Å². The van der Waals surface area contributed by atoms with Gasteiger partial charge in [-0.25, -0.2) is 0 Å². The molecule has 3 aliphatic rings. The highest BCUT2D eigenvalue weighted by atomic mass is 16.3. The second-order valence-corrected chi connectivity index (χ2v) is 12.1. The van der Waals surface area contributed by atoms with Crippen molar-refractivity contribution in [3.63, 3.8) is 0 Å². The standard InChI is InChI=1S/C40H33N3O/c1-2-10-26(11-3-1)34-25-35(42-40(41-34)28-20-23-39-33(24-28)32-14-6-9-17-38(32)44-39)27-18-21-29(22-19-27)43-36-15-7-4-12-30(36)31-13-5-8-16-37(31)43/h1-7,9-15,17-25,31,34,37,40-42H,8,16H2. The van der Waals surface area contributed by atoms with Crippen molar-refractivity contribution < 1.29 is 4.42 Å². The number of anilines is 2. The van der Waals surface area contributed by atoms with E-state index in [2.05, 4.69) is 143 Å². The molecule has 2 aliphatic heterocycles. The molecule has 0 spiro atoms. The van der Waals surface area contributed by atoms with Gasteiger partial charge in [-0.15, -0.1) is 0 Å². The number of nitrogens with zero attached hydrogens (tertiary/aromatic N) is 1. The Morgan fingerprint density at radius 3 is 2.41 bits per heavy atom. The minimum absolute atomic E-state index is 0.0640. The van der Waals surface area contributed by atoms with Gasteiger partial charge in [0.15, 0.2) is 0 Å². The Morgan fingerprint density at radius 1 is 0.705 bits per heavy atom. The molecular formula is C40H33N3O. The molecule has 0 radical (unpaired) electrons. The fraction of sp³-hybridized carbons (Fsp3) is 0.150. The first-order chi connectivity index (χ1) is 21.8. The lowest BCUT2D eigenvalue weighted by atomic mass is 9.87. The Kier molecular flexibility index (Phi) is 5.95. The molecule has 4 nitrogen and oxygen atoms in total. The number of fused-ring (bicyclic) bond motifs is 6. The van der Waals surface area contributed by atoms with Crippen LogP contribution in [0, 0.1) is 0 Å². The predicted octanol–water partition coefficient (Wildman–Crippen LogP) is 9.51. The van der Waals surface area contributed by atoms with Crippen molar-refractivity contribution in [2.45, 2.75) is 37.0 Å². The Morgan fingerprint density at radius 2 is 1.50 bits per heavy atom. The fourth-order valence-corrected chi connectivity index (χ4v) is 7.49. The van der Waals surface area contributed by atoms with E-state index in [-0.39, 0.29) is 12.2 Å². The van der Waals surface area contributed by atoms with Crippen molar-refractivity contribution in [1.82, 2.24) is 10.6 Å². The number of nitrogens with one attached hydrogen (secondary N) is 2. The molecule has 3 heterocycles. The van der Waals surface area contributed by atoms with Crippen LogP contribution in [0.25, 0.3) is 27.6 Å². The quantitative estimate of drug-likeness (QED) is 0.207. The van der Waals surface area contributed by atoms with Crippen molar-refractivity contribution in [3.8, 4) is 0 Å². The zero-order valence-corrected chi connectivity index (χ0v) is 24.4. The molecule has 1 aromatic heterocycles. The third kappa shape index (κ3) is 4.17. The molecule has 9 rings (SSSR count). The zero-order valence-electron chi connectivity index (χ0n) is 24.4. The van der Waals surface area contributed by atoms with E-state index in [1.54, 1.807) is 0 Å². The van der Waals surface area contributed by atoms with Gasteiger partial charge in [-0.2, -0.15) is 0 Å². The predicted molar refractivity (Wildman–Crippen MR) is 180 cm³/mol. The van der Waals surface area contributed by atoms with Crippen LogP contribution in [-0.2, 0) is 0 Å². The Balaban J connectivity index is 1.08. The molecule has 1 aliphatic carbocycles. The van der Waals surface area contributed by atoms with Gasteiger partial charge in [-0.05, 0) is 77.6 Å². The summed E-state index contributed by atoms with van der Waals surface area (Å²) in [7, 11) is 0. The largest absolute Gasteiger partial charge is 0.456 e. The van der Waals surface area contributed by atoms with Gasteiger partial charge in [0.2, 0.25) is 0 Å². The normalized spacial score (nSPS) is 22.5. The molecule has 4 heteroatoms. The van der Waals surface area contributed by atoms with Crippen molar-refractivity contribution in [3.05, 3.63) is 162 Å². The van der Waals surface area contributed by atoms with E-state index >= 15 is 0 Å². The molecule has 5 aromatic carbocycles. The van der Waals surface area contributed by atoms with E-state index < -0.39 is 0 Å². The summed E-state index contributed by atoms with van der Waals surface area (Å²) in [5.74, 6) is 0.463. The van der Waals surface area contributed by atoms with Gasteiger partial charge in [0.25, 0.3) is 0 Å². The maximum Gasteiger partial charge on any atom is 0.135 e. The third-order valence-corrected chi connectivity index (χ3v) is 9.60. The molecule has 0 bridgehead atoms. The highest BCUT2D eigenvalue weighted by Crippen LogP contribution is 2.49. The first-order valence-corrected chi connectivity index (χ1v) is 15.7. The first kappa shape index (κ1) is 25.4. The summed E-state index contributed by atoms with van der Waals surface area (Å²) in [5.41, 5.74) is 10.6. The number of rotatable bonds is 4. The number of allylic oxidation sites excluding steroid dienone is 1. The molecule has 0 amide bonds. The second-order valence-electron chi connectivity index (χ2n) is 12.1. The lowest BCUT2D eigenvalue weighted by molar-refractivity contribution is 0.443. The molecule has 0 saturated carbocycles. The number of para-hydroxylation sites is 2. The van der Waals surface area contributed by atoms with Crippen molar-refractivity contribution in [2.24, 2.45) is 0 Å². The van der Waals surface area contributed by atoms with Crippen LogP contribution >= 0.6 is 0 Å². The zero-order chi connectivity index (χ0) is 29.0. The number of benzene rings is 5. The average molecular weight is 572 g/mol. The van der Waals surface area contributed by atoms with Crippen LogP contribution in [0.5, 0.6) is 0 Å². The molecule has 214 valence electrons. The van der Waals surface area contributed by atoms with E-state index in [0.29, 0.717) is 12.0 Å². The third-order valence-electron chi connectivity index (χ3n) is 9.60. The van der Waals surface area contributed by atoms with Crippen LogP contribution in [0.3, 0.4) is 0 Å². The minimum Gasteiger partial charge on any atom is -0.456 e. The van der Waals surface area contributed by atoms with Gasteiger partial charge in [-0.3, -0.25) is 5.32 Å². The summed E-state index contributed by atoms with van der Waals surface area (Å²) in [6, 6.07) is 44.1. The molecule has 44 heavy (non-hydrogen) atoms. The monoisotopic (exact) mass is 571 g/mol. The maximum atomic E-state index is 6.12. The number of furan rings is 1. The van der Waals surface area contributed by atoms with Crippen LogP contribution < -0.4 is 15.5 Å². The summed E-state index contributed by atoms with van der Waals surface area (Å²) in [4.78, 5) is 2.57. The summed E-state index contributed by atoms with van der Waals surface area (Å²) in [6.45, 7) is 0. The van der Waals surface area contributed by atoms with Crippen LogP contribution in [-0.4, -0.2) is 6.04 Å². The topological polar surface area (TPSA) is 40.4 Å². The smallest absolute Gasteiger partial charge is 0.135 e. The molecule has 2 N–H and O–H groups in total. The molecule has 4 unspecified atom stereocenters. The molecule has 4 atom stereocenters. The fourth-order valence-electron chi connectivity index (χ4n) is 7.49. The summed E-state index contributed by atoms with van der Waals surface area (Å²) < 4.78 is 6.12. The summed E-state index contributed by atoms with van der Waals surface area (Å²) in [6.07, 6.45) is 9.33. The van der Waals surface area contributed by atoms with Crippen molar-refractivity contribution in [2.75, 3.05) is 4.90 Å². The van der Waals surface area contributed by atoms with E-state index in [1.165, 1.54) is 40.0 Å². The molecule has 0 fully saturated rings. The molecular weight excluding hydrogens is 538 g/mol. The van der Waals surface area contributed by atoms with Gasteiger partial charge >= 0.3 is 0 Å². The van der Waals surface area contributed by atoms with Gasteiger partial charge in [0.1, 0.15) is 17.3 Å². The highest BCUT2D eigenvalue weighted by molar-refractivity contribution is 6.05. The van der Waals surface area contributed by atoms with E-state index in [1.807, 2.05) is 12.1 Å². The van der Waals surface area contributed by atoms with Gasteiger partial charge in [0.05, 0.1) is 6.04 Å². The molecule has 6 aromatic rings.